The highest BCUT2D eigenvalue weighted by Gasteiger charge is 2.28. The number of aromatic amines is 1. The molecule has 4 aromatic rings. The Kier molecular flexibility index (Phi) is 7.28. The van der Waals surface area contributed by atoms with Crippen LogP contribution in [0.4, 0.5) is 20.2 Å². The number of halogens is 2. The summed E-state index contributed by atoms with van der Waals surface area (Å²) in [5, 5.41) is 3.34. The number of benzene rings is 2. The van der Waals surface area contributed by atoms with Crippen molar-refractivity contribution in [2.75, 3.05) is 29.9 Å². The van der Waals surface area contributed by atoms with E-state index in [2.05, 4.69) is 55.5 Å². The van der Waals surface area contributed by atoms with E-state index >= 15 is 0 Å². The summed E-state index contributed by atoms with van der Waals surface area (Å²) in [7, 11) is 0. The van der Waals surface area contributed by atoms with Gasteiger partial charge in [0.15, 0.2) is 5.82 Å². The molecule has 2 aromatic heterocycles. The number of ether oxygens (including phenoxy) is 1. The summed E-state index contributed by atoms with van der Waals surface area (Å²) in [6.07, 6.45) is 0.289. The minimum atomic E-state index is -2.63. The molecule has 1 fully saturated rings. The third-order valence-electron chi connectivity index (χ3n) is 6.61. The van der Waals surface area contributed by atoms with Crippen molar-refractivity contribution in [2.24, 2.45) is 0 Å². The molecule has 2 aliphatic rings. The number of alkyl halides is 2. The summed E-state index contributed by atoms with van der Waals surface area (Å²) >= 11 is 3.42. The van der Waals surface area contributed by atoms with E-state index in [1.165, 1.54) is 17.2 Å². The van der Waals surface area contributed by atoms with E-state index in [9.17, 15) is 13.6 Å². The standard InChI is InChI=1S/C28H25F2N5O2S2/c1-16(28-32-10-8-20(34-28)27(29)30)33-17-5-6-22-24(13-17)38-23-4-2-3-19(26(23)39-22)21-15-35(11-12-37-21)18-7-9-31-25(36)14-18/h2-10,13-14,16,21,27,33H,11-12,15H2,1H3,(H,31,36). The van der Waals surface area contributed by atoms with E-state index in [1.54, 1.807) is 35.8 Å². The highest BCUT2D eigenvalue weighted by molar-refractivity contribution is 8.05. The van der Waals surface area contributed by atoms with Crippen molar-refractivity contribution in [3.05, 3.63) is 94.4 Å². The second-order valence-corrected chi connectivity index (χ2v) is 11.4. The highest BCUT2D eigenvalue weighted by atomic mass is 32.2. The first kappa shape index (κ1) is 25.8. The number of H-pyrrole nitrogens is 1. The van der Waals surface area contributed by atoms with Gasteiger partial charge >= 0.3 is 0 Å². The van der Waals surface area contributed by atoms with Crippen molar-refractivity contribution in [3.8, 4) is 0 Å². The van der Waals surface area contributed by atoms with Crippen LogP contribution in [0.2, 0.25) is 0 Å². The van der Waals surface area contributed by atoms with E-state index in [0.29, 0.717) is 19.0 Å². The fourth-order valence-electron chi connectivity index (χ4n) is 4.70. The molecule has 0 aliphatic carbocycles. The summed E-state index contributed by atoms with van der Waals surface area (Å²) in [5.74, 6) is 0.323. The number of morpholine rings is 1. The first-order chi connectivity index (χ1) is 18.9. The number of hydrogen-bond donors (Lipinski definition) is 2. The Hall–Kier alpha value is -3.41. The van der Waals surface area contributed by atoms with Crippen LogP contribution in [0.3, 0.4) is 0 Å². The Morgan fingerprint density at radius 1 is 1.10 bits per heavy atom. The van der Waals surface area contributed by atoms with Crippen molar-refractivity contribution in [1.82, 2.24) is 15.0 Å². The van der Waals surface area contributed by atoms with Crippen LogP contribution in [0.25, 0.3) is 0 Å². The zero-order chi connectivity index (χ0) is 26.9. The molecule has 0 radical (unpaired) electrons. The van der Waals surface area contributed by atoms with Crippen LogP contribution in [0.1, 0.15) is 42.6 Å². The number of nitrogens with one attached hydrogen (secondary N) is 2. The topological polar surface area (TPSA) is 83.1 Å². The third-order valence-corrected chi connectivity index (χ3v) is 9.22. The number of rotatable bonds is 6. The van der Waals surface area contributed by atoms with Gasteiger partial charge < -0.3 is 19.9 Å². The molecule has 2 atom stereocenters. The molecule has 0 spiro atoms. The molecule has 39 heavy (non-hydrogen) atoms. The number of fused-ring (bicyclic) bond motifs is 2. The first-order valence-electron chi connectivity index (χ1n) is 12.5. The van der Waals surface area contributed by atoms with Crippen LogP contribution < -0.4 is 15.8 Å². The maximum Gasteiger partial charge on any atom is 0.280 e. The van der Waals surface area contributed by atoms with E-state index < -0.39 is 6.43 Å². The number of hydrogen-bond acceptors (Lipinski definition) is 8. The molecule has 200 valence electrons. The molecule has 6 rings (SSSR count). The van der Waals surface area contributed by atoms with Crippen molar-refractivity contribution in [3.63, 3.8) is 0 Å². The van der Waals surface area contributed by atoms with E-state index in [1.807, 2.05) is 19.1 Å². The van der Waals surface area contributed by atoms with Gasteiger partial charge in [-0.3, -0.25) is 4.79 Å². The van der Waals surface area contributed by atoms with Gasteiger partial charge in [0, 0.05) is 62.5 Å². The predicted molar refractivity (Wildman–Crippen MR) is 148 cm³/mol. The third kappa shape index (κ3) is 5.52. The average molecular weight is 566 g/mol. The lowest BCUT2D eigenvalue weighted by molar-refractivity contribution is 0.0379. The Morgan fingerprint density at radius 2 is 2.00 bits per heavy atom. The molecule has 0 saturated carbocycles. The monoisotopic (exact) mass is 565 g/mol. The molecule has 4 heterocycles. The fourth-order valence-corrected chi connectivity index (χ4v) is 7.15. The maximum atomic E-state index is 13.1. The molecule has 0 amide bonds. The van der Waals surface area contributed by atoms with Crippen molar-refractivity contribution in [1.29, 1.82) is 0 Å². The molecule has 2 aromatic carbocycles. The lowest BCUT2D eigenvalue weighted by atomic mass is 10.1. The summed E-state index contributed by atoms with van der Waals surface area (Å²) in [5.41, 5.74) is 2.50. The zero-order valence-corrected chi connectivity index (χ0v) is 22.6. The second-order valence-electron chi connectivity index (χ2n) is 9.26. The average Bonchev–Trinajstić information content (AvgIpc) is 2.96. The van der Waals surface area contributed by atoms with Crippen LogP contribution in [-0.4, -0.2) is 34.6 Å². The molecular formula is C28H25F2N5O2S2. The van der Waals surface area contributed by atoms with E-state index in [0.717, 1.165) is 38.2 Å². The first-order valence-corrected chi connectivity index (χ1v) is 14.1. The lowest BCUT2D eigenvalue weighted by Crippen LogP contribution is -2.39. The number of pyridine rings is 1. The molecule has 2 N–H and O–H groups in total. The van der Waals surface area contributed by atoms with Gasteiger partial charge in [-0.05, 0) is 48.9 Å². The van der Waals surface area contributed by atoms with Gasteiger partial charge in [-0.15, -0.1) is 0 Å². The van der Waals surface area contributed by atoms with Crippen LogP contribution in [0, 0.1) is 0 Å². The van der Waals surface area contributed by atoms with Gasteiger partial charge in [0.1, 0.15) is 11.8 Å². The largest absolute Gasteiger partial charge is 0.375 e. The Balaban J connectivity index is 1.20. The van der Waals surface area contributed by atoms with Gasteiger partial charge in [0.05, 0.1) is 12.6 Å². The van der Waals surface area contributed by atoms with Crippen LogP contribution in [0.15, 0.2) is 91.4 Å². The summed E-state index contributed by atoms with van der Waals surface area (Å²) < 4.78 is 32.3. The molecule has 2 aliphatic heterocycles. The van der Waals surface area contributed by atoms with Crippen molar-refractivity contribution in [2.45, 2.75) is 45.1 Å². The Bertz CT molecular complexity index is 1570. The SMILES string of the molecule is CC(Nc1ccc2c(c1)Sc1cccc(C3CN(c4cc[nH]c(=O)c4)CCO3)c1S2)c1nccc(C(F)F)n1. The van der Waals surface area contributed by atoms with E-state index in [4.69, 9.17) is 4.74 Å². The molecule has 1 saturated heterocycles. The Morgan fingerprint density at radius 3 is 2.85 bits per heavy atom. The molecule has 0 bridgehead atoms. The molecule has 11 heteroatoms. The lowest BCUT2D eigenvalue weighted by Gasteiger charge is -2.36. The number of anilines is 2. The van der Waals surface area contributed by atoms with Crippen LogP contribution in [0.5, 0.6) is 0 Å². The highest BCUT2D eigenvalue weighted by Crippen LogP contribution is 2.52. The number of nitrogens with zero attached hydrogens (tertiary/aromatic N) is 3. The summed E-state index contributed by atoms with van der Waals surface area (Å²) in [4.78, 5) is 29.4. The summed E-state index contributed by atoms with van der Waals surface area (Å²) in [6, 6.07) is 16.9. The maximum absolute atomic E-state index is 13.1. The van der Waals surface area contributed by atoms with E-state index in [-0.39, 0.29) is 23.4 Å². The zero-order valence-electron chi connectivity index (χ0n) is 20.9. The van der Waals surface area contributed by atoms with Crippen molar-refractivity contribution < 1.29 is 13.5 Å². The van der Waals surface area contributed by atoms with Crippen LogP contribution >= 0.6 is 23.5 Å². The van der Waals surface area contributed by atoms with Gasteiger partial charge in [-0.25, -0.2) is 18.7 Å². The quantitative estimate of drug-likeness (QED) is 0.242. The van der Waals surface area contributed by atoms with Gasteiger partial charge in [-0.1, -0.05) is 35.7 Å². The number of aromatic nitrogens is 3. The molecule has 2 unspecified atom stereocenters. The minimum absolute atomic E-state index is 0.117. The Labute approximate surface area is 232 Å². The van der Waals surface area contributed by atoms with Gasteiger partial charge in [0.25, 0.3) is 6.43 Å². The normalized spacial score (nSPS) is 17.4. The predicted octanol–water partition coefficient (Wildman–Crippen LogP) is 6.47. The second kappa shape index (κ2) is 11.0. The minimum Gasteiger partial charge on any atom is -0.375 e. The molecular weight excluding hydrogens is 540 g/mol. The van der Waals surface area contributed by atoms with Crippen LogP contribution in [-0.2, 0) is 4.74 Å². The van der Waals surface area contributed by atoms with Gasteiger partial charge in [-0.2, -0.15) is 0 Å². The fraction of sp³-hybridized carbons (Fsp3) is 0.250. The molecule has 7 nitrogen and oxygen atoms in total. The van der Waals surface area contributed by atoms with Gasteiger partial charge in [0.2, 0.25) is 5.56 Å². The summed E-state index contributed by atoms with van der Waals surface area (Å²) in [6.45, 7) is 3.82. The van der Waals surface area contributed by atoms with Crippen molar-refractivity contribution >= 4 is 34.9 Å². The smallest absolute Gasteiger partial charge is 0.280 e.